The van der Waals surface area contributed by atoms with Crippen molar-refractivity contribution in [1.29, 1.82) is 0 Å². The van der Waals surface area contributed by atoms with Crippen molar-refractivity contribution in [2.45, 2.75) is 38.9 Å². The average molecular weight is 207 g/mol. The first-order chi connectivity index (χ1) is 6.92. The lowest BCUT2D eigenvalue weighted by Gasteiger charge is -2.26. The summed E-state index contributed by atoms with van der Waals surface area (Å²) in [6.07, 6.45) is 0. The van der Waals surface area contributed by atoms with Gasteiger partial charge in [-0.15, -0.1) is 5.23 Å². The Kier molecular flexibility index (Phi) is 2.24. The lowest BCUT2D eigenvalue weighted by atomic mass is 9.90. The molecule has 0 unspecified atom stereocenters. The fourth-order valence-corrected chi connectivity index (χ4v) is 1.31. The molecule has 1 aliphatic rings. The number of anilines is 1. The van der Waals surface area contributed by atoms with E-state index < -0.39 is 0 Å². The SMILES string of the molecule is CC1(C)ON(c2ccccc2)OC1(C)C. The minimum absolute atomic E-state index is 0.331. The molecule has 3 nitrogen and oxygen atoms in total. The number of hydrogen-bond donors (Lipinski definition) is 0. The van der Waals surface area contributed by atoms with Gasteiger partial charge in [-0.05, 0) is 39.8 Å². The third-order valence-electron chi connectivity index (χ3n) is 3.04. The molecule has 1 aliphatic heterocycles. The molecule has 0 bridgehead atoms. The average Bonchev–Trinajstić information content (AvgIpc) is 2.38. The van der Waals surface area contributed by atoms with Crippen molar-refractivity contribution in [2.24, 2.45) is 0 Å². The van der Waals surface area contributed by atoms with Crippen LogP contribution in [0.15, 0.2) is 30.3 Å². The molecular weight excluding hydrogens is 190 g/mol. The van der Waals surface area contributed by atoms with Crippen LogP contribution in [0.5, 0.6) is 0 Å². The molecule has 0 aromatic heterocycles. The highest BCUT2D eigenvalue weighted by atomic mass is 17.0. The van der Waals surface area contributed by atoms with Gasteiger partial charge in [0.05, 0.1) is 5.69 Å². The maximum absolute atomic E-state index is 5.76. The van der Waals surface area contributed by atoms with Gasteiger partial charge in [-0.25, -0.2) is 9.68 Å². The van der Waals surface area contributed by atoms with Gasteiger partial charge < -0.3 is 0 Å². The summed E-state index contributed by atoms with van der Waals surface area (Å²) in [4.78, 5) is 11.5. The standard InChI is InChI=1S/C12H17NO2/c1-11(2)12(3,4)15-13(14-11)10-8-6-5-7-9-10/h5-9H,1-4H3. The van der Waals surface area contributed by atoms with E-state index in [4.69, 9.17) is 9.68 Å². The fourth-order valence-electron chi connectivity index (χ4n) is 1.31. The number of para-hydroxylation sites is 1. The zero-order valence-electron chi connectivity index (χ0n) is 9.65. The maximum Gasteiger partial charge on any atom is 0.124 e. The topological polar surface area (TPSA) is 21.7 Å². The summed E-state index contributed by atoms with van der Waals surface area (Å²) in [5.74, 6) is 0. The first-order valence-corrected chi connectivity index (χ1v) is 5.16. The summed E-state index contributed by atoms with van der Waals surface area (Å²) < 4.78 is 0. The van der Waals surface area contributed by atoms with Crippen molar-refractivity contribution >= 4 is 5.69 Å². The minimum atomic E-state index is -0.331. The summed E-state index contributed by atoms with van der Waals surface area (Å²) in [7, 11) is 0. The van der Waals surface area contributed by atoms with E-state index in [1.54, 1.807) is 0 Å². The first kappa shape index (κ1) is 10.5. The van der Waals surface area contributed by atoms with Crippen LogP contribution < -0.4 is 5.23 Å². The lowest BCUT2D eigenvalue weighted by Crippen LogP contribution is -2.41. The molecule has 0 saturated carbocycles. The first-order valence-electron chi connectivity index (χ1n) is 5.16. The lowest BCUT2D eigenvalue weighted by molar-refractivity contribution is -0.0273. The normalized spacial score (nSPS) is 23.1. The summed E-state index contributed by atoms with van der Waals surface area (Å²) >= 11 is 0. The summed E-state index contributed by atoms with van der Waals surface area (Å²) in [5.41, 5.74) is 0.252. The van der Waals surface area contributed by atoms with Crippen LogP contribution in [0.4, 0.5) is 5.69 Å². The Labute approximate surface area is 90.5 Å². The van der Waals surface area contributed by atoms with E-state index in [0.717, 1.165) is 5.69 Å². The Morgan fingerprint density at radius 2 is 1.33 bits per heavy atom. The highest BCUT2D eigenvalue weighted by Crippen LogP contribution is 2.39. The molecule has 0 N–H and O–H groups in total. The molecule has 15 heavy (non-hydrogen) atoms. The number of rotatable bonds is 1. The van der Waals surface area contributed by atoms with Gasteiger partial charge in [0.25, 0.3) is 0 Å². The Hall–Kier alpha value is -1.06. The third-order valence-corrected chi connectivity index (χ3v) is 3.04. The van der Waals surface area contributed by atoms with Crippen molar-refractivity contribution in [3.8, 4) is 0 Å². The van der Waals surface area contributed by atoms with Crippen LogP contribution in [0.2, 0.25) is 0 Å². The van der Waals surface area contributed by atoms with Gasteiger partial charge in [0.2, 0.25) is 0 Å². The van der Waals surface area contributed by atoms with Crippen LogP contribution in [0.1, 0.15) is 27.7 Å². The second-order valence-corrected chi connectivity index (χ2v) is 4.80. The molecule has 0 radical (unpaired) electrons. The minimum Gasteiger partial charge on any atom is -0.239 e. The smallest absolute Gasteiger partial charge is 0.124 e. The largest absolute Gasteiger partial charge is 0.239 e. The van der Waals surface area contributed by atoms with Crippen LogP contribution in [-0.2, 0) is 9.68 Å². The van der Waals surface area contributed by atoms with E-state index >= 15 is 0 Å². The molecule has 2 rings (SSSR count). The Balaban J connectivity index is 2.24. The zero-order valence-corrected chi connectivity index (χ0v) is 9.65. The van der Waals surface area contributed by atoms with Crippen LogP contribution in [0.3, 0.4) is 0 Å². The highest BCUT2D eigenvalue weighted by molar-refractivity contribution is 5.42. The Morgan fingerprint density at radius 3 is 1.80 bits per heavy atom. The van der Waals surface area contributed by atoms with Gasteiger partial charge >= 0.3 is 0 Å². The molecule has 1 aromatic rings. The quantitative estimate of drug-likeness (QED) is 0.706. The van der Waals surface area contributed by atoms with E-state index in [1.807, 2.05) is 58.0 Å². The van der Waals surface area contributed by atoms with Crippen LogP contribution >= 0.6 is 0 Å². The molecule has 82 valence electrons. The van der Waals surface area contributed by atoms with Crippen molar-refractivity contribution in [1.82, 2.24) is 0 Å². The molecule has 0 atom stereocenters. The van der Waals surface area contributed by atoms with Crippen LogP contribution in [0, 0.1) is 0 Å². The molecule has 1 fully saturated rings. The van der Waals surface area contributed by atoms with Crippen molar-refractivity contribution < 1.29 is 9.68 Å². The predicted octanol–water partition coefficient (Wildman–Crippen LogP) is 2.93. The number of benzene rings is 1. The third kappa shape index (κ3) is 1.73. The van der Waals surface area contributed by atoms with E-state index in [-0.39, 0.29) is 11.2 Å². The molecule has 3 heteroatoms. The molecule has 1 aromatic carbocycles. The molecule has 1 heterocycles. The van der Waals surface area contributed by atoms with Crippen molar-refractivity contribution in [3.63, 3.8) is 0 Å². The predicted molar refractivity (Wildman–Crippen MR) is 59.2 cm³/mol. The van der Waals surface area contributed by atoms with Gasteiger partial charge in [-0.1, -0.05) is 18.2 Å². The van der Waals surface area contributed by atoms with Gasteiger partial charge in [-0.3, -0.25) is 0 Å². The van der Waals surface area contributed by atoms with E-state index in [1.165, 1.54) is 5.23 Å². The van der Waals surface area contributed by atoms with E-state index in [9.17, 15) is 0 Å². The molecular formula is C12H17NO2. The molecule has 1 saturated heterocycles. The Bertz CT molecular complexity index is 330. The number of nitrogens with zero attached hydrogens (tertiary/aromatic N) is 1. The van der Waals surface area contributed by atoms with Gasteiger partial charge in [-0.2, -0.15) is 0 Å². The van der Waals surface area contributed by atoms with Crippen LogP contribution in [0.25, 0.3) is 0 Å². The second kappa shape index (κ2) is 3.22. The summed E-state index contributed by atoms with van der Waals surface area (Å²) in [5, 5.41) is 1.50. The molecule has 0 amide bonds. The molecule has 0 aliphatic carbocycles. The second-order valence-electron chi connectivity index (χ2n) is 4.80. The van der Waals surface area contributed by atoms with Gasteiger partial charge in [0.1, 0.15) is 11.2 Å². The summed E-state index contributed by atoms with van der Waals surface area (Å²) in [6, 6.07) is 9.80. The van der Waals surface area contributed by atoms with Crippen molar-refractivity contribution in [3.05, 3.63) is 30.3 Å². The van der Waals surface area contributed by atoms with Gasteiger partial charge in [0, 0.05) is 0 Å². The number of hydrogen-bond acceptors (Lipinski definition) is 3. The monoisotopic (exact) mass is 207 g/mol. The maximum atomic E-state index is 5.76. The van der Waals surface area contributed by atoms with E-state index in [0.29, 0.717) is 0 Å². The summed E-state index contributed by atoms with van der Waals surface area (Å²) in [6.45, 7) is 8.10. The highest BCUT2D eigenvalue weighted by Gasteiger charge is 2.49. The zero-order chi connectivity index (χ0) is 11.1. The van der Waals surface area contributed by atoms with Crippen LogP contribution in [-0.4, -0.2) is 11.2 Å². The van der Waals surface area contributed by atoms with E-state index in [2.05, 4.69) is 0 Å². The Morgan fingerprint density at radius 1 is 0.867 bits per heavy atom. The van der Waals surface area contributed by atoms with Crippen molar-refractivity contribution in [2.75, 3.05) is 5.23 Å². The molecule has 0 spiro atoms. The fraction of sp³-hybridized carbons (Fsp3) is 0.500. The van der Waals surface area contributed by atoms with Gasteiger partial charge in [0.15, 0.2) is 0 Å².